The third-order valence-corrected chi connectivity index (χ3v) is 1.18. The molecule has 0 spiro atoms. The summed E-state index contributed by atoms with van der Waals surface area (Å²) in [6.45, 7) is 2.07. The molecule has 1 aromatic heterocycles. The molecule has 9 heavy (non-hydrogen) atoms. The SMILES string of the molecule is CCc1cnc(N)[nH+]c1. The van der Waals surface area contributed by atoms with Crippen molar-refractivity contribution in [3.05, 3.63) is 18.0 Å². The lowest BCUT2D eigenvalue weighted by atomic mass is 10.3. The van der Waals surface area contributed by atoms with E-state index < -0.39 is 0 Å². The smallest absolute Gasteiger partial charge is 0.287 e. The summed E-state index contributed by atoms with van der Waals surface area (Å²) in [6.07, 6.45) is 4.62. The number of hydrogen-bond acceptors (Lipinski definition) is 2. The van der Waals surface area contributed by atoms with E-state index >= 15 is 0 Å². The quantitative estimate of drug-likeness (QED) is 0.574. The van der Waals surface area contributed by atoms with E-state index in [0.29, 0.717) is 5.95 Å². The molecule has 0 saturated heterocycles. The van der Waals surface area contributed by atoms with Gasteiger partial charge in [0.1, 0.15) is 6.20 Å². The average Bonchev–Trinajstić information content (AvgIpc) is 1.90. The second kappa shape index (κ2) is 2.44. The number of anilines is 1. The molecule has 0 aromatic carbocycles. The van der Waals surface area contributed by atoms with Gasteiger partial charge in [0.15, 0.2) is 0 Å². The van der Waals surface area contributed by atoms with Gasteiger partial charge < -0.3 is 0 Å². The van der Waals surface area contributed by atoms with Gasteiger partial charge in [-0.2, -0.15) is 0 Å². The van der Waals surface area contributed by atoms with Crippen LogP contribution in [0.4, 0.5) is 5.95 Å². The highest BCUT2D eigenvalue weighted by molar-refractivity contribution is 5.08. The first kappa shape index (κ1) is 6.01. The monoisotopic (exact) mass is 124 g/mol. The Labute approximate surface area is 53.9 Å². The van der Waals surface area contributed by atoms with Crippen molar-refractivity contribution in [1.29, 1.82) is 0 Å². The second-order valence-corrected chi connectivity index (χ2v) is 1.86. The van der Waals surface area contributed by atoms with Gasteiger partial charge in [-0.3, -0.25) is 5.73 Å². The van der Waals surface area contributed by atoms with Gasteiger partial charge in [0.25, 0.3) is 0 Å². The van der Waals surface area contributed by atoms with Gasteiger partial charge in [-0.25, -0.2) is 4.98 Å². The first-order chi connectivity index (χ1) is 4.33. The van der Waals surface area contributed by atoms with Gasteiger partial charge in [0.05, 0.1) is 6.20 Å². The molecule has 1 heterocycles. The van der Waals surface area contributed by atoms with Crippen LogP contribution in [0, 0.1) is 0 Å². The molecule has 0 atom stereocenters. The number of nitrogen functional groups attached to an aromatic ring is 1. The topological polar surface area (TPSA) is 53.0 Å². The van der Waals surface area contributed by atoms with E-state index in [0.717, 1.165) is 6.42 Å². The van der Waals surface area contributed by atoms with E-state index in [-0.39, 0.29) is 0 Å². The Balaban J connectivity index is 2.88. The van der Waals surface area contributed by atoms with Crippen LogP contribution in [0.25, 0.3) is 0 Å². The summed E-state index contributed by atoms with van der Waals surface area (Å²) < 4.78 is 0. The van der Waals surface area contributed by atoms with Crippen molar-refractivity contribution in [2.24, 2.45) is 0 Å². The van der Waals surface area contributed by atoms with Crippen LogP contribution < -0.4 is 10.7 Å². The largest absolute Gasteiger partial charge is 0.386 e. The Hall–Kier alpha value is -1.12. The van der Waals surface area contributed by atoms with Crippen LogP contribution in [0.15, 0.2) is 12.4 Å². The minimum atomic E-state index is 0.465. The minimum absolute atomic E-state index is 0.465. The summed E-state index contributed by atoms with van der Waals surface area (Å²) >= 11 is 0. The zero-order chi connectivity index (χ0) is 6.69. The minimum Gasteiger partial charge on any atom is -0.287 e. The van der Waals surface area contributed by atoms with Crippen LogP contribution in [0.5, 0.6) is 0 Å². The van der Waals surface area contributed by atoms with E-state index in [1.54, 1.807) is 6.20 Å². The van der Waals surface area contributed by atoms with Crippen molar-refractivity contribution in [3.8, 4) is 0 Å². The second-order valence-electron chi connectivity index (χ2n) is 1.86. The third kappa shape index (κ3) is 1.38. The van der Waals surface area contributed by atoms with E-state index in [2.05, 4.69) is 16.9 Å². The van der Waals surface area contributed by atoms with Crippen LogP contribution in [0.3, 0.4) is 0 Å². The molecule has 3 heteroatoms. The molecule has 0 radical (unpaired) electrons. The maximum atomic E-state index is 5.31. The lowest BCUT2D eigenvalue weighted by Crippen LogP contribution is -2.12. The fourth-order valence-corrected chi connectivity index (χ4v) is 0.587. The first-order valence-electron chi connectivity index (χ1n) is 2.95. The summed E-state index contributed by atoms with van der Waals surface area (Å²) in [7, 11) is 0. The first-order valence-corrected chi connectivity index (χ1v) is 2.95. The Bertz CT molecular complexity index is 180. The fraction of sp³-hybridized carbons (Fsp3) is 0.333. The summed E-state index contributed by atoms with van der Waals surface area (Å²) in [6, 6.07) is 0. The number of H-pyrrole nitrogens is 1. The molecule has 0 fully saturated rings. The molecule has 48 valence electrons. The van der Waals surface area contributed by atoms with E-state index in [4.69, 9.17) is 5.73 Å². The van der Waals surface area contributed by atoms with Crippen LogP contribution in [0.1, 0.15) is 12.5 Å². The van der Waals surface area contributed by atoms with Crippen LogP contribution in [-0.4, -0.2) is 4.98 Å². The lowest BCUT2D eigenvalue weighted by molar-refractivity contribution is -0.365. The summed E-state index contributed by atoms with van der Waals surface area (Å²) in [5.74, 6) is 0.465. The number of hydrogen-bond donors (Lipinski definition) is 1. The molecule has 0 bridgehead atoms. The van der Waals surface area contributed by atoms with Crippen molar-refractivity contribution in [2.45, 2.75) is 13.3 Å². The van der Waals surface area contributed by atoms with Crippen molar-refractivity contribution < 1.29 is 4.98 Å². The fourth-order valence-electron chi connectivity index (χ4n) is 0.587. The number of nitrogens with two attached hydrogens (primary N) is 1. The molecule has 0 aliphatic heterocycles. The standard InChI is InChI=1S/C6H9N3/c1-2-5-3-8-6(7)9-4-5/h3-4H,2H2,1H3,(H2,7,8,9)/p+1. The normalized spacial score (nSPS) is 9.44. The molecular weight excluding hydrogens is 114 g/mol. The molecule has 0 unspecified atom stereocenters. The van der Waals surface area contributed by atoms with Gasteiger partial charge in [-0.1, -0.05) is 11.9 Å². The summed E-state index contributed by atoms with van der Waals surface area (Å²) in [5.41, 5.74) is 6.49. The third-order valence-electron chi connectivity index (χ3n) is 1.18. The number of nitrogens with one attached hydrogen (secondary N) is 1. The molecule has 0 amide bonds. The van der Waals surface area contributed by atoms with Gasteiger partial charge in [0, 0.05) is 5.56 Å². The number of aromatic nitrogens is 2. The number of rotatable bonds is 1. The highest BCUT2D eigenvalue weighted by Gasteiger charge is 1.94. The van der Waals surface area contributed by atoms with Gasteiger partial charge in [-0.05, 0) is 6.42 Å². The molecule has 3 nitrogen and oxygen atoms in total. The molecule has 0 aliphatic carbocycles. The van der Waals surface area contributed by atoms with Crippen molar-refractivity contribution in [1.82, 2.24) is 4.98 Å². The highest BCUT2D eigenvalue weighted by atomic mass is 15.0. The van der Waals surface area contributed by atoms with E-state index in [1.807, 2.05) is 6.20 Å². The summed E-state index contributed by atoms with van der Waals surface area (Å²) in [5, 5.41) is 0. The van der Waals surface area contributed by atoms with Crippen molar-refractivity contribution >= 4 is 5.95 Å². The van der Waals surface area contributed by atoms with E-state index in [1.165, 1.54) is 5.56 Å². The summed E-state index contributed by atoms with van der Waals surface area (Å²) in [4.78, 5) is 6.69. The predicted octanol–water partition coefficient (Wildman–Crippen LogP) is 0.0403. The van der Waals surface area contributed by atoms with Crippen LogP contribution >= 0.6 is 0 Å². The molecular formula is C6H10N3+. The predicted molar refractivity (Wildman–Crippen MR) is 34.6 cm³/mol. The van der Waals surface area contributed by atoms with Crippen LogP contribution in [0.2, 0.25) is 0 Å². The Morgan fingerprint density at radius 2 is 2.56 bits per heavy atom. The molecule has 0 saturated carbocycles. The molecule has 0 aliphatic rings. The molecule has 1 aromatic rings. The number of aryl methyl sites for hydroxylation is 1. The van der Waals surface area contributed by atoms with Crippen LogP contribution in [-0.2, 0) is 6.42 Å². The Kier molecular flexibility index (Phi) is 1.63. The lowest BCUT2D eigenvalue weighted by Gasteiger charge is -1.87. The number of nitrogens with zero attached hydrogens (tertiary/aromatic N) is 1. The maximum absolute atomic E-state index is 5.31. The zero-order valence-corrected chi connectivity index (χ0v) is 5.39. The average molecular weight is 124 g/mol. The molecule has 3 N–H and O–H groups in total. The highest BCUT2D eigenvalue weighted by Crippen LogP contribution is 1.91. The van der Waals surface area contributed by atoms with Crippen molar-refractivity contribution in [2.75, 3.05) is 5.73 Å². The Morgan fingerprint density at radius 1 is 1.78 bits per heavy atom. The van der Waals surface area contributed by atoms with Gasteiger partial charge >= 0.3 is 5.95 Å². The number of aromatic amines is 1. The zero-order valence-electron chi connectivity index (χ0n) is 5.39. The van der Waals surface area contributed by atoms with E-state index in [9.17, 15) is 0 Å². The molecule has 1 rings (SSSR count). The van der Waals surface area contributed by atoms with Gasteiger partial charge in [0.2, 0.25) is 0 Å². The van der Waals surface area contributed by atoms with Crippen molar-refractivity contribution in [3.63, 3.8) is 0 Å². The van der Waals surface area contributed by atoms with Gasteiger partial charge in [-0.15, -0.1) is 0 Å². The maximum Gasteiger partial charge on any atom is 0.386 e. The Morgan fingerprint density at radius 3 is 3.00 bits per heavy atom.